The van der Waals surface area contributed by atoms with Gasteiger partial charge in [-0.15, -0.1) is 0 Å². The number of carbonyl (C=O) groups excluding carboxylic acids is 1. The van der Waals surface area contributed by atoms with Crippen molar-refractivity contribution in [2.75, 3.05) is 13.1 Å². The zero-order valence-electron chi connectivity index (χ0n) is 13.1. The van der Waals surface area contributed by atoms with Crippen LogP contribution >= 0.6 is 0 Å². The average molecular weight is 297 g/mol. The average Bonchev–Trinajstić information content (AvgIpc) is 3.21. The van der Waals surface area contributed by atoms with Gasteiger partial charge in [-0.1, -0.05) is 12.1 Å². The van der Waals surface area contributed by atoms with Gasteiger partial charge in [-0.2, -0.15) is 5.26 Å². The first-order valence-corrected chi connectivity index (χ1v) is 8.23. The van der Waals surface area contributed by atoms with Crippen LogP contribution in [0.5, 0.6) is 0 Å². The quantitative estimate of drug-likeness (QED) is 0.909. The summed E-state index contributed by atoms with van der Waals surface area (Å²) in [6.07, 6.45) is 4.78. The molecule has 1 N–H and O–H groups in total. The van der Waals surface area contributed by atoms with E-state index < -0.39 is 0 Å². The molecule has 0 spiro atoms. The molecular weight excluding hydrogens is 274 g/mol. The number of amides is 1. The van der Waals surface area contributed by atoms with Crippen molar-refractivity contribution in [3.8, 4) is 6.07 Å². The van der Waals surface area contributed by atoms with Gasteiger partial charge in [0.25, 0.3) is 0 Å². The van der Waals surface area contributed by atoms with Crippen molar-refractivity contribution in [3.05, 3.63) is 35.4 Å². The third kappa shape index (κ3) is 3.31. The van der Waals surface area contributed by atoms with E-state index >= 15 is 0 Å². The molecule has 1 aromatic rings. The van der Waals surface area contributed by atoms with Crippen LogP contribution < -0.4 is 5.32 Å². The zero-order chi connectivity index (χ0) is 15.5. The fourth-order valence-corrected chi connectivity index (χ4v) is 3.34. The Labute approximate surface area is 132 Å². The Morgan fingerprint density at radius 1 is 1.27 bits per heavy atom. The summed E-state index contributed by atoms with van der Waals surface area (Å²) in [7, 11) is 0. The van der Waals surface area contributed by atoms with E-state index in [4.69, 9.17) is 5.26 Å². The van der Waals surface area contributed by atoms with Crippen LogP contribution in [-0.2, 0) is 4.79 Å². The lowest BCUT2D eigenvalue weighted by atomic mass is 10.0. The Balaban J connectivity index is 1.64. The van der Waals surface area contributed by atoms with E-state index in [0.29, 0.717) is 11.5 Å². The molecule has 22 heavy (non-hydrogen) atoms. The van der Waals surface area contributed by atoms with E-state index in [0.717, 1.165) is 18.7 Å². The number of nitriles is 1. The summed E-state index contributed by atoms with van der Waals surface area (Å²) in [5.74, 6) is 0.715. The second-order valence-electron chi connectivity index (χ2n) is 6.49. The van der Waals surface area contributed by atoms with E-state index in [1.165, 1.54) is 25.7 Å². The molecule has 2 fully saturated rings. The van der Waals surface area contributed by atoms with Crippen LogP contribution in [0.25, 0.3) is 0 Å². The van der Waals surface area contributed by atoms with Crippen LogP contribution in [0.15, 0.2) is 24.3 Å². The molecule has 1 saturated carbocycles. The molecule has 0 bridgehead atoms. The van der Waals surface area contributed by atoms with Crippen LogP contribution in [0.1, 0.15) is 49.8 Å². The highest BCUT2D eigenvalue weighted by Crippen LogP contribution is 2.37. The lowest BCUT2D eigenvalue weighted by Gasteiger charge is -2.28. The van der Waals surface area contributed by atoms with Crippen molar-refractivity contribution in [1.29, 1.82) is 5.26 Å². The molecule has 1 amide bonds. The molecule has 1 aliphatic heterocycles. The smallest absolute Gasteiger partial charge is 0.238 e. The predicted molar refractivity (Wildman–Crippen MR) is 85.0 cm³/mol. The first-order chi connectivity index (χ1) is 10.7. The SMILES string of the molecule is CC(NC(=O)C(C1CC1)N1CCCC1)c1ccc(C#N)cc1. The van der Waals surface area contributed by atoms with Gasteiger partial charge >= 0.3 is 0 Å². The Morgan fingerprint density at radius 2 is 1.91 bits per heavy atom. The molecule has 0 aromatic heterocycles. The third-order valence-corrected chi connectivity index (χ3v) is 4.77. The lowest BCUT2D eigenvalue weighted by Crippen LogP contribution is -2.47. The minimum absolute atomic E-state index is 0.0240. The Morgan fingerprint density at radius 3 is 2.45 bits per heavy atom. The molecule has 1 aromatic carbocycles. The van der Waals surface area contributed by atoms with Gasteiger partial charge in [0, 0.05) is 0 Å². The van der Waals surface area contributed by atoms with Crippen molar-refractivity contribution < 1.29 is 4.79 Å². The van der Waals surface area contributed by atoms with Gasteiger partial charge in [-0.3, -0.25) is 9.69 Å². The van der Waals surface area contributed by atoms with E-state index in [9.17, 15) is 4.79 Å². The Kier molecular flexibility index (Phi) is 4.44. The third-order valence-electron chi connectivity index (χ3n) is 4.77. The van der Waals surface area contributed by atoms with Gasteiger partial charge in [-0.25, -0.2) is 0 Å². The molecule has 1 saturated heterocycles. The number of hydrogen-bond acceptors (Lipinski definition) is 3. The number of likely N-dealkylation sites (tertiary alicyclic amines) is 1. The second-order valence-corrected chi connectivity index (χ2v) is 6.49. The van der Waals surface area contributed by atoms with Gasteiger partial charge in [-0.05, 0) is 69.3 Å². The first kappa shape index (κ1) is 15.1. The summed E-state index contributed by atoms with van der Waals surface area (Å²) in [5, 5.41) is 12.0. The van der Waals surface area contributed by atoms with Crippen LogP contribution in [0.2, 0.25) is 0 Å². The fourth-order valence-electron chi connectivity index (χ4n) is 3.34. The van der Waals surface area contributed by atoms with Gasteiger partial charge in [0.1, 0.15) is 0 Å². The molecule has 3 rings (SSSR count). The normalized spacial score (nSPS) is 21.1. The molecule has 0 radical (unpaired) electrons. The van der Waals surface area contributed by atoms with Crippen molar-refractivity contribution in [2.24, 2.45) is 5.92 Å². The summed E-state index contributed by atoms with van der Waals surface area (Å²) in [4.78, 5) is 15.1. The Hall–Kier alpha value is -1.86. The molecule has 1 aliphatic carbocycles. The molecule has 2 atom stereocenters. The van der Waals surface area contributed by atoms with Crippen molar-refractivity contribution in [2.45, 2.75) is 44.7 Å². The number of carbonyl (C=O) groups is 1. The summed E-state index contributed by atoms with van der Waals surface area (Å²) in [5.41, 5.74) is 1.69. The number of benzene rings is 1. The second kappa shape index (κ2) is 6.50. The van der Waals surface area contributed by atoms with Crippen LogP contribution in [0, 0.1) is 17.2 Å². The molecule has 2 aliphatic rings. The van der Waals surface area contributed by atoms with E-state index in [1.807, 2.05) is 19.1 Å². The lowest BCUT2D eigenvalue weighted by molar-refractivity contribution is -0.127. The highest BCUT2D eigenvalue weighted by molar-refractivity contribution is 5.83. The zero-order valence-corrected chi connectivity index (χ0v) is 13.1. The molecule has 116 valence electrons. The number of rotatable bonds is 5. The van der Waals surface area contributed by atoms with Crippen LogP contribution in [0.4, 0.5) is 0 Å². The maximum Gasteiger partial charge on any atom is 0.238 e. The summed E-state index contributed by atoms with van der Waals surface area (Å²) in [6.45, 7) is 4.12. The van der Waals surface area contributed by atoms with Crippen LogP contribution in [-0.4, -0.2) is 29.9 Å². The minimum atomic E-state index is -0.0240. The van der Waals surface area contributed by atoms with Gasteiger partial charge in [0.15, 0.2) is 0 Å². The highest BCUT2D eigenvalue weighted by atomic mass is 16.2. The van der Waals surface area contributed by atoms with E-state index in [1.54, 1.807) is 12.1 Å². The van der Waals surface area contributed by atoms with Crippen molar-refractivity contribution in [3.63, 3.8) is 0 Å². The Bertz CT molecular complexity index is 565. The number of nitrogens with one attached hydrogen (secondary N) is 1. The maximum atomic E-state index is 12.7. The molecule has 2 unspecified atom stereocenters. The molecule has 4 nitrogen and oxygen atoms in total. The largest absolute Gasteiger partial charge is 0.348 e. The van der Waals surface area contributed by atoms with E-state index in [2.05, 4.69) is 16.3 Å². The predicted octanol–water partition coefficient (Wildman–Crippen LogP) is 2.61. The monoisotopic (exact) mass is 297 g/mol. The topological polar surface area (TPSA) is 56.1 Å². The summed E-state index contributed by atoms with van der Waals surface area (Å²) < 4.78 is 0. The van der Waals surface area contributed by atoms with Gasteiger partial charge in [0.2, 0.25) is 5.91 Å². The number of nitrogens with zero attached hydrogens (tertiary/aromatic N) is 2. The number of hydrogen-bond donors (Lipinski definition) is 1. The van der Waals surface area contributed by atoms with E-state index in [-0.39, 0.29) is 18.0 Å². The van der Waals surface area contributed by atoms with Gasteiger partial charge in [0.05, 0.1) is 23.7 Å². The highest BCUT2D eigenvalue weighted by Gasteiger charge is 2.41. The van der Waals surface area contributed by atoms with Gasteiger partial charge < -0.3 is 5.32 Å². The molecule has 4 heteroatoms. The fraction of sp³-hybridized carbons (Fsp3) is 0.556. The molecular formula is C18H23N3O. The summed E-state index contributed by atoms with van der Waals surface area (Å²) >= 11 is 0. The van der Waals surface area contributed by atoms with Crippen molar-refractivity contribution >= 4 is 5.91 Å². The standard InChI is InChI=1S/C18H23N3O/c1-13(15-6-4-14(12-19)5-7-15)20-18(22)17(16-8-9-16)21-10-2-3-11-21/h4-7,13,16-17H,2-3,8-11H2,1H3,(H,20,22). The first-order valence-electron chi connectivity index (χ1n) is 8.23. The maximum absolute atomic E-state index is 12.7. The summed E-state index contributed by atoms with van der Waals surface area (Å²) in [6, 6.07) is 9.60. The van der Waals surface area contributed by atoms with Crippen molar-refractivity contribution in [1.82, 2.24) is 10.2 Å². The molecule has 1 heterocycles. The minimum Gasteiger partial charge on any atom is -0.348 e. The van der Waals surface area contributed by atoms with Crippen LogP contribution in [0.3, 0.4) is 0 Å².